The lowest BCUT2D eigenvalue weighted by molar-refractivity contribution is -0.124. The molecule has 0 aromatic heterocycles. The van der Waals surface area contributed by atoms with E-state index < -0.39 is 0 Å². The van der Waals surface area contributed by atoms with E-state index in [0.717, 1.165) is 18.1 Å². The quantitative estimate of drug-likeness (QED) is 0.713. The fourth-order valence-corrected chi connectivity index (χ4v) is 3.21. The number of carbonyl (C=O) groups excluding carboxylic acids is 2. The Hall–Kier alpha value is -0.860. The molecule has 2 aliphatic rings. The van der Waals surface area contributed by atoms with Crippen molar-refractivity contribution in [2.45, 2.75) is 45.1 Å². The summed E-state index contributed by atoms with van der Waals surface area (Å²) in [6, 6.07) is -0.337. The summed E-state index contributed by atoms with van der Waals surface area (Å²) in [6.07, 6.45) is 6.64. The molecular weight excluding hydrogens is 190 g/mol. The topological polar surface area (TPSA) is 46.2 Å². The molecule has 2 saturated carbocycles. The first-order valence-corrected chi connectivity index (χ1v) is 5.93. The fourth-order valence-electron chi connectivity index (χ4n) is 3.21. The Labute approximate surface area is 90.6 Å². The highest BCUT2D eigenvalue weighted by Gasteiger charge is 2.40. The summed E-state index contributed by atoms with van der Waals surface area (Å²) in [6.45, 7) is 1.71. The highest BCUT2D eigenvalue weighted by Crippen LogP contribution is 2.49. The SMILES string of the molecule is C[C@@H](C=O)NC(=O)CC1CC2CCC1C2. The van der Waals surface area contributed by atoms with Crippen LogP contribution < -0.4 is 5.32 Å². The van der Waals surface area contributed by atoms with Gasteiger partial charge in [0, 0.05) is 6.42 Å². The monoisotopic (exact) mass is 209 g/mol. The second-order valence-electron chi connectivity index (χ2n) is 5.13. The van der Waals surface area contributed by atoms with Crippen molar-refractivity contribution in [1.82, 2.24) is 5.32 Å². The van der Waals surface area contributed by atoms with E-state index in [1.807, 2.05) is 0 Å². The highest BCUT2D eigenvalue weighted by molar-refractivity contribution is 5.79. The summed E-state index contributed by atoms with van der Waals surface area (Å²) in [7, 11) is 0. The van der Waals surface area contributed by atoms with E-state index in [-0.39, 0.29) is 11.9 Å². The zero-order valence-corrected chi connectivity index (χ0v) is 9.24. The van der Waals surface area contributed by atoms with Crippen LogP contribution in [0, 0.1) is 17.8 Å². The molecule has 3 nitrogen and oxygen atoms in total. The van der Waals surface area contributed by atoms with Crippen LogP contribution in [0.15, 0.2) is 0 Å². The van der Waals surface area contributed by atoms with Crippen molar-refractivity contribution in [3.05, 3.63) is 0 Å². The van der Waals surface area contributed by atoms with Gasteiger partial charge in [-0.1, -0.05) is 6.42 Å². The van der Waals surface area contributed by atoms with Crippen LogP contribution in [0.1, 0.15) is 39.0 Å². The van der Waals surface area contributed by atoms with Gasteiger partial charge in [-0.25, -0.2) is 0 Å². The Morgan fingerprint density at radius 3 is 2.80 bits per heavy atom. The molecule has 2 aliphatic carbocycles. The number of nitrogens with one attached hydrogen (secondary N) is 1. The van der Waals surface area contributed by atoms with Crippen LogP contribution in [-0.2, 0) is 9.59 Å². The maximum Gasteiger partial charge on any atom is 0.220 e. The van der Waals surface area contributed by atoms with E-state index in [1.165, 1.54) is 25.7 Å². The van der Waals surface area contributed by atoms with Gasteiger partial charge < -0.3 is 10.1 Å². The second-order valence-corrected chi connectivity index (χ2v) is 5.13. The van der Waals surface area contributed by atoms with Crippen LogP contribution in [0.2, 0.25) is 0 Å². The molecule has 0 heterocycles. The molecule has 0 spiro atoms. The molecule has 15 heavy (non-hydrogen) atoms. The smallest absolute Gasteiger partial charge is 0.220 e. The van der Waals surface area contributed by atoms with Gasteiger partial charge in [-0.15, -0.1) is 0 Å². The third-order valence-electron chi connectivity index (χ3n) is 3.92. The van der Waals surface area contributed by atoms with Crippen molar-refractivity contribution in [3.8, 4) is 0 Å². The van der Waals surface area contributed by atoms with Crippen LogP contribution in [-0.4, -0.2) is 18.2 Å². The van der Waals surface area contributed by atoms with Gasteiger partial charge in [0.05, 0.1) is 6.04 Å². The molecule has 3 unspecified atom stereocenters. The second kappa shape index (κ2) is 4.33. The highest BCUT2D eigenvalue weighted by atomic mass is 16.2. The van der Waals surface area contributed by atoms with Gasteiger partial charge in [-0.2, -0.15) is 0 Å². The molecule has 2 bridgehead atoms. The summed E-state index contributed by atoms with van der Waals surface area (Å²) in [5.74, 6) is 2.30. The Morgan fingerprint density at radius 1 is 1.47 bits per heavy atom. The number of hydrogen-bond donors (Lipinski definition) is 1. The van der Waals surface area contributed by atoms with Crippen LogP contribution >= 0.6 is 0 Å². The zero-order chi connectivity index (χ0) is 10.8. The van der Waals surface area contributed by atoms with Crippen molar-refractivity contribution >= 4 is 12.2 Å². The molecule has 0 radical (unpaired) electrons. The minimum absolute atomic E-state index is 0.0483. The summed E-state index contributed by atoms with van der Waals surface area (Å²) in [5, 5.41) is 2.71. The van der Waals surface area contributed by atoms with Crippen LogP contribution in [0.25, 0.3) is 0 Å². The standard InChI is InChI=1S/C12H19NO2/c1-8(7-14)13-12(15)6-11-5-9-2-3-10(11)4-9/h7-11H,2-6H2,1H3,(H,13,15)/t8-,9?,10?,11?/m0/s1. The van der Waals surface area contributed by atoms with Crippen LogP contribution in [0.4, 0.5) is 0 Å². The van der Waals surface area contributed by atoms with E-state index in [1.54, 1.807) is 6.92 Å². The number of fused-ring (bicyclic) bond motifs is 2. The molecular formula is C12H19NO2. The number of amides is 1. The minimum Gasteiger partial charge on any atom is -0.347 e. The summed E-state index contributed by atoms with van der Waals surface area (Å²) in [4.78, 5) is 22.0. The van der Waals surface area contributed by atoms with E-state index in [0.29, 0.717) is 12.3 Å². The Kier molecular flexibility index (Phi) is 3.08. The molecule has 84 valence electrons. The third kappa shape index (κ3) is 2.39. The predicted molar refractivity (Wildman–Crippen MR) is 57.2 cm³/mol. The average molecular weight is 209 g/mol. The number of carbonyl (C=O) groups is 2. The van der Waals surface area contributed by atoms with Gasteiger partial charge in [0.1, 0.15) is 6.29 Å². The molecule has 1 N–H and O–H groups in total. The minimum atomic E-state index is -0.337. The first kappa shape index (κ1) is 10.7. The van der Waals surface area contributed by atoms with Crippen molar-refractivity contribution in [3.63, 3.8) is 0 Å². The first-order valence-electron chi connectivity index (χ1n) is 5.93. The summed E-state index contributed by atoms with van der Waals surface area (Å²) < 4.78 is 0. The molecule has 0 aromatic carbocycles. The predicted octanol–water partition coefficient (Wildman–Crippen LogP) is 1.52. The van der Waals surface area contributed by atoms with Crippen molar-refractivity contribution < 1.29 is 9.59 Å². The molecule has 0 saturated heterocycles. The van der Waals surface area contributed by atoms with Gasteiger partial charge in [-0.05, 0) is 43.9 Å². The van der Waals surface area contributed by atoms with Crippen molar-refractivity contribution in [2.75, 3.05) is 0 Å². The molecule has 0 aromatic rings. The lowest BCUT2D eigenvalue weighted by atomic mass is 9.86. The molecule has 1 amide bonds. The van der Waals surface area contributed by atoms with Gasteiger partial charge in [0.25, 0.3) is 0 Å². The Balaban J connectivity index is 1.77. The molecule has 4 atom stereocenters. The molecule has 0 aliphatic heterocycles. The van der Waals surface area contributed by atoms with Gasteiger partial charge in [0.15, 0.2) is 0 Å². The van der Waals surface area contributed by atoms with E-state index in [2.05, 4.69) is 5.32 Å². The molecule has 2 rings (SSSR count). The average Bonchev–Trinajstić information content (AvgIpc) is 2.78. The first-order chi connectivity index (χ1) is 7.19. The Bertz CT molecular complexity index is 264. The van der Waals surface area contributed by atoms with E-state index in [4.69, 9.17) is 0 Å². The maximum absolute atomic E-state index is 11.6. The summed E-state index contributed by atoms with van der Waals surface area (Å²) in [5.41, 5.74) is 0. The molecule has 3 heteroatoms. The Morgan fingerprint density at radius 2 is 2.27 bits per heavy atom. The van der Waals surface area contributed by atoms with Gasteiger partial charge >= 0.3 is 0 Å². The number of hydrogen-bond acceptors (Lipinski definition) is 2. The zero-order valence-electron chi connectivity index (χ0n) is 9.24. The van der Waals surface area contributed by atoms with E-state index in [9.17, 15) is 9.59 Å². The number of rotatable bonds is 4. The fraction of sp³-hybridized carbons (Fsp3) is 0.833. The lowest BCUT2D eigenvalue weighted by Crippen LogP contribution is -2.35. The van der Waals surface area contributed by atoms with Crippen LogP contribution in [0.5, 0.6) is 0 Å². The van der Waals surface area contributed by atoms with Gasteiger partial charge in [0.2, 0.25) is 5.91 Å². The van der Waals surface area contributed by atoms with E-state index >= 15 is 0 Å². The maximum atomic E-state index is 11.6. The van der Waals surface area contributed by atoms with Crippen molar-refractivity contribution in [2.24, 2.45) is 17.8 Å². The normalized spacial score (nSPS) is 35.1. The van der Waals surface area contributed by atoms with Crippen molar-refractivity contribution in [1.29, 1.82) is 0 Å². The lowest BCUT2D eigenvalue weighted by Gasteiger charge is -2.21. The molecule has 2 fully saturated rings. The van der Waals surface area contributed by atoms with Gasteiger partial charge in [-0.3, -0.25) is 4.79 Å². The number of aldehydes is 1. The largest absolute Gasteiger partial charge is 0.347 e. The van der Waals surface area contributed by atoms with Crippen LogP contribution in [0.3, 0.4) is 0 Å². The summed E-state index contributed by atoms with van der Waals surface area (Å²) >= 11 is 0. The third-order valence-corrected chi connectivity index (χ3v) is 3.92.